The van der Waals surface area contributed by atoms with Crippen molar-refractivity contribution in [2.24, 2.45) is 5.10 Å². The fourth-order valence-corrected chi connectivity index (χ4v) is 4.62. The molecule has 7 heteroatoms. The average Bonchev–Trinajstić information content (AvgIpc) is 3.11. The number of nitrogens with one attached hydrogen (secondary N) is 1. The maximum absolute atomic E-state index is 12.1. The Morgan fingerprint density at radius 1 is 1.09 bits per heavy atom. The third-order valence-corrected chi connectivity index (χ3v) is 6.01. The van der Waals surface area contributed by atoms with Crippen LogP contribution in [-0.2, 0) is 11.3 Å². The standard InChI is InChI=1S/C25H21Br2N3O2/c1-17-5-4-6-18(11-17)14-30-15-19(21-7-2-3-8-23(21)30)13-28-29-25(31)16-32-24-10-9-20(26)12-22(24)27/h2-13,15H,14,16H2,1H3,(H,29,31)/b28-13+. The van der Waals surface area contributed by atoms with Crippen molar-refractivity contribution >= 4 is 54.9 Å². The van der Waals surface area contributed by atoms with Crippen molar-refractivity contribution in [3.05, 3.63) is 98.6 Å². The summed E-state index contributed by atoms with van der Waals surface area (Å²) in [5, 5.41) is 5.21. The molecule has 0 saturated heterocycles. The highest BCUT2D eigenvalue weighted by Gasteiger charge is 2.08. The third-order valence-electron chi connectivity index (χ3n) is 4.90. The van der Waals surface area contributed by atoms with Crippen LogP contribution >= 0.6 is 31.9 Å². The number of fused-ring (bicyclic) bond motifs is 1. The lowest BCUT2D eigenvalue weighted by Gasteiger charge is -2.07. The Hall–Kier alpha value is -2.90. The van der Waals surface area contributed by atoms with Crippen molar-refractivity contribution in [2.75, 3.05) is 6.61 Å². The molecular weight excluding hydrogens is 534 g/mol. The fourth-order valence-electron chi connectivity index (χ4n) is 3.46. The zero-order valence-corrected chi connectivity index (χ0v) is 20.6. The Morgan fingerprint density at radius 2 is 1.94 bits per heavy atom. The van der Waals surface area contributed by atoms with Gasteiger partial charge in [0.25, 0.3) is 5.91 Å². The number of halogens is 2. The highest BCUT2D eigenvalue weighted by atomic mass is 79.9. The minimum Gasteiger partial charge on any atom is -0.483 e. The molecule has 0 aliphatic rings. The summed E-state index contributed by atoms with van der Waals surface area (Å²) in [7, 11) is 0. The molecule has 1 heterocycles. The van der Waals surface area contributed by atoms with Crippen LogP contribution in [0, 0.1) is 6.92 Å². The number of amides is 1. The van der Waals surface area contributed by atoms with Gasteiger partial charge in [0.05, 0.1) is 10.7 Å². The van der Waals surface area contributed by atoms with Gasteiger partial charge in [0.2, 0.25) is 0 Å². The van der Waals surface area contributed by atoms with Crippen LogP contribution in [0.1, 0.15) is 16.7 Å². The highest BCUT2D eigenvalue weighted by molar-refractivity contribution is 9.11. The SMILES string of the molecule is Cc1cccc(Cn2cc(/C=N/NC(=O)COc3ccc(Br)cc3Br)c3ccccc32)c1. The van der Waals surface area contributed by atoms with E-state index in [9.17, 15) is 4.79 Å². The average molecular weight is 555 g/mol. The first kappa shape index (κ1) is 22.3. The Labute approximate surface area is 203 Å². The largest absolute Gasteiger partial charge is 0.483 e. The van der Waals surface area contributed by atoms with Crippen LogP contribution in [-0.4, -0.2) is 23.3 Å². The molecule has 1 N–H and O–H groups in total. The first-order chi connectivity index (χ1) is 15.5. The summed E-state index contributed by atoms with van der Waals surface area (Å²) in [6.45, 7) is 2.72. The quantitative estimate of drug-likeness (QED) is 0.223. The minimum atomic E-state index is -0.334. The second kappa shape index (κ2) is 10.1. The predicted molar refractivity (Wildman–Crippen MR) is 135 cm³/mol. The molecule has 3 aromatic carbocycles. The summed E-state index contributed by atoms with van der Waals surface area (Å²) in [4.78, 5) is 12.1. The molecule has 0 radical (unpaired) electrons. The smallest absolute Gasteiger partial charge is 0.277 e. The molecule has 0 unspecified atom stereocenters. The van der Waals surface area contributed by atoms with E-state index in [-0.39, 0.29) is 12.5 Å². The number of rotatable bonds is 7. The summed E-state index contributed by atoms with van der Waals surface area (Å²) in [5.41, 5.74) is 7.06. The zero-order valence-electron chi connectivity index (χ0n) is 17.4. The van der Waals surface area contributed by atoms with Gasteiger partial charge in [0.15, 0.2) is 6.61 Å². The van der Waals surface area contributed by atoms with Gasteiger partial charge in [-0.1, -0.05) is 64.0 Å². The Bertz CT molecular complexity index is 1300. The molecule has 1 amide bonds. The number of para-hydroxylation sites is 1. The molecule has 0 aliphatic carbocycles. The number of nitrogens with zero attached hydrogens (tertiary/aromatic N) is 2. The topological polar surface area (TPSA) is 55.6 Å². The number of aromatic nitrogens is 1. The maximum atomic E-state index is 12.1. The van der Waals surface area contributed by atoms with Crippen LogP contribution in [0.5, 0.6) is 5.75 Å². The van der Waals surface area contributed by atoms with E-state index in [4.69, 9.17) is 4.74 Å². The summed E-state index contributed by atoms with van der Waals surface area (Å²) in [5.74, 6) is 0.256. The van der Waals surface area contributed by atoms with Crippen LogP contribution in [0.3, 0.4) is 0 Å². The summed E-state index contributed by atoms with van der Waals surface area (Å²) in [6, 6.07) is 22.1. The van der Waals surface area contributed by atoms with Crippen LogP contribution in [0.15, 0.2) is 87.0 Å². The molecule has 0 aliphatic heterocycles. The summed E-state index contributed by atoms with van der Waals surface area (Å²) >= 11 is 6.80. The molecular formula is C25H21Br2N3O2. The summed E-state index contributed by atoms with van der Waals surface area (Å²) < 4.78 is 9.44. The molecule has 4 rings (SSSR count). The van der Waals surface area contributed by atoms with Crippen molar-refractivity contribution in [2.45, 2.75) is 13.5 Å². The molecule has 4 aromatic rings. The fraction of sp³-hybridized carbons (Fsp3) is 0.120. The number of benzene rings is 3. The van der Waals surface area contributed by atoms with E-state index in [1.807, 2.05) is 24.3 Å². The molecule has 0 saturated carbocycles. The second-order valence-electron chi connectivity index (χ2n) is 7.38. The van der Waals surface area contributed by atoms with E-state index < -0.39 is 0 Å². The zero-order chi connectivity index (χ0) is 22.5. The Balaban J connectivity index is 1.43. The first-order valence-corrected chi connectivity index (χ1v) is 11.6. The van der Waals surface area contributed by atoms with E-state index in [2.05, 4.69) is 96.5 Å². The van der Waals surface area contributed by atoms with Crippen LogP contribution in [0.4, 0.5) is 0 Å². The van der Waals surface area contributed by atoms with E-state index in [0.29, 0.717) is 5.75 Å². The lowest BCUT2D eigenvalue weighted by molar-refractivity contribution is -0.123. The molecule has 0 atom stereocenters. The molecule has 0 bridgehead atoms. The van der Waals surface area contributed by atoms with E-state index in [1.165, 1.54) is 11.1 Å². The molecule has 0 spiro atoms. The van der Waals surface area contributed by atoms with E-state index in [1.54, 1.807) is 12.3 Å². The molecule has 32 heavy (non-hydrogen) atoms. The number of hydrogen-bond acceptors (Lipinski definition) is 3. The van der Waals surface area contributed by atoms with Gasteiger partial charge in [-0.25, -0.2) is 5.43 Å². The van der Waals surface area contributed by atoms with Gasteiger partial charge in [-0.15, -0.1) is 0 Å². The molecule has 162 valence electrons. The van der Waals surface area contributed by atoms with Crippen molar-refractivity contribution in [1.82, 2.24) is 9.99 Å². The van der Waals surface area contributed by atoms with Crippen LogP contribution in [0.2, 0.25) is 0 Å². The number of carbonyl (C=O) groups is 1. The Kier molecular flexibility index (Phi) is 7.07. The maximum Gasteiger partial charge on any atom is 0.277 e. The van der Waals surface area contributed by atoms with Gasteiger partial charge in [-0.3, -0.25) is 4.79 Å². The second-order valence-corrected chi connectivity index (χ2v) is 9.15. The molecule has 1 aromatic heterocycles. The van der Waals surface area contributed by atoms with Gasteiger partial charge in [-0.05, 0) is 52.7 Å². The minimum absolute atomic E-state index is 0.132. The number of aryl methyl sites for hydroxylation is 1. The normalized spacial score (nSPS) is 11.2. The van der Waals surface area contributed by atoms with Crippen LogP contribution in [0.25, 0.3) is 10.9 Å². The third kappa shape index (κ3) is 5.47. The van der Waals surface area contributed by atoms with Crippen molar-refractivity contribution in [1.29, 1.82) is 0 Å². The predicted octanol–water partition coefficient (Wildman–Crippen LogP) is 6.05. The number of ether oxygens (including phenoxy) is 1. The van der Waals surface area contributed by atoms with Gasteiger partial charge in [0, 0.05) is 33.7 Å². The van der Waals surface area contributed by atoms with Gasteiger partial charge in [-0.2, -0.15) is 5.10 Å². The first-order valence-electron chi connectivity index (χ1n) is 10.0. The lowest BCUT2D eigenvalue weighted by atomic mass is 10.1. The van der Waals surface area contributed by atoms with Gasteiger partial charge >= 0.3 is 0 Å². The number of carbonyl (C=O) groups excluding carboxylic acids is 1. The van der Waals surface area contributed by atoms with Crippen molar-refractivity contribution in [3.8, 4) is 5.75 Å². The monoisotopic (exact) mass is 553 g/mol. The van der Waals surface area contributed by atoms with Crippen molar-refractivity contribution < 1.29 is 9.53 Å². The van der Waals surface area contributed by atoms with Crippen molar-refractivity contribution in [3.63, 3.8) is 0 Å². The highest BCUT2D eigenvalue weighted by Crippen LogP contribution is 2.28. The lowest BCUT2D eigenvalue weighted by Crippen LogP contribution is -2.24. The molecule has 0 fully saturated rings. The van der Waals surface area contributed by atoms with E-state index in [0.717, 1.165) is 32.0 Å². The Morgan fingerprint density at radius 3 is 2.75 bits per heavy atom. The number of hydrogen-bond donors (Lipinski definition) is 1. The van der Waals surface area contributed by atoms with Gasteiger partial charge in [0.1, 0.15) is 5.75 Å². The summed E-state index contributed by atoms with van der Waals surface area (Å²) in [6.07, 6.45) is 3.72. The molecule has 5 nitrogen and oxygen atoms in total. The van der Waals surface area contributed by atoms with Crippen LogP contribution < -0.4 is 10.2 Å². The number of hydrazone groups is 1. The van der Waals surface area contributed by atoms with Gasteiger partial charge < -0.3 is 9.30 Å². The van der Waals surface area contributed by atoms with E-state index >= 15 is 0 Å².